The van der Waals surface area contributed by atoms with Gasteiger partial charge in [0.2, 0.25) is 0 Å². The highest BCUT2D eigenvalue weighted by molar-refractivity contribution is 5.73. The highest BCUT2D eigenvalue weighted by atomic mass is 16.2. The average molecular weight is 304 g/mol. The lowest BCUT2D eigenvalue weighted by molar-refractivity contribution is 0.161. The Balaban J connectivity index is 1.56. The predicted molar refractivity (Wildman–Crippen MR) is 89.0 cm³/mol. The van der Waals surface area contributed by atoms with E-state index in [1.165, 1.54) is 19.3 Å². The van der Waals surface area contributed by atoms with E-state index >= 15 is 0 Å². The Hall–Kier alpha value is -1.62. The van der Waals surface area contributed by atoms with Crippen molar-refractivity contribution in [3.63, 3.8) is 0 Å². The maximum Gasteiger partial charge on any atom is 0.314 e. The third kappa shape index (κ3) is 5.64. The molecule has 0 aliphatic carbocycles. The number of amides is 2. The van der Waals surface area contributed by atoms with Crippen molar-refractivity contribution >= 4 is 6.03 Å². The summed E-state index contributed by atoms with van der Waals surface area (Å²) in [5, 5.41) is 5.84. The maximum absolute atomic E-state index is 11.8. The first-order chi connectivity index (χ1) is 10.6. The monoisotopic (exact) mass is 304 g/mol. The first-order valence-corrected chi connectivity index (χ1v) is 8.32. The minimum absolute atomic E-state index is 0.0790. The van der Waals surface area contributed by atoms with E-state index in [0.29, 0.717) is 19.1 Å². The van der Waals surface area contributed by atoms with Crippen molar-refractivity contribution in [3.05, 3.63) is 29.6 Å². The zero-order valence-electron chi connectivity index (χ0n) is 13.8. The molecule has 1 atom stereocenters. The molecule has 1 unspecified atom stereocenters. The zero-order chi connectivity index (χ0) is 15.8. The van der Waals surface area contributed by atoms with Crippen molar-refractivity contribution in [2.75, 3.05) is 26.2 Å². The Morgan fingerprint density at radius 2 is 2.14 bits per heavy atom. The molecule has 122 valence electrons. The van der Waals surface area contributed by atoms with Gasteiger partial charge in [-0.05, 0) is 51.3 Å². The van der Waals surface area contributed by atoms with Gasteiger partial charge in [-0.1, -0.05) is 12.5 Å². The molecule has 5 heteroatoms. The lowest BCUT2D eigenvalue weighted by Crippen LogP contribution is -2.44. The van der Waals surface area contributed by atoms with Crippen LogP contribution in [0.25, 0.3) is 0 Å². The van der Waals surface area contributed by atoms with E-state index in [9.17, 15) is 4.79 Å². The molecule has 1 aromatic rings. The second-order valence-corrected chi connectivity index (χ2v) is 6.12. The third-order valence-corrected chi connectivity index (χ3v) is 4.30. The van der Waals surface area contributed by atoms with Crippen LogP contribution in [0.4, 0.5) is 4.79 Å². The van der Waals surface area contributed by atoms with Gasteiger partial charge in [0.15, 0.2) is 0 Å². The Bertz CT molecular complexity index is 460. The summed E-state index contributed by atoms with van der Waals surface area (Å²) in [6.45, 7) is 7.69. The summed E-state index contributed by atoms with van der Waals surface area (Å²) in [6, 6.07) is 4.62. The number of urea groups is 1. The van der Waals surface area contributed by atoms with Crippen LogP contribution in [0, 0.1) is 6.92 Å². The second kappa shape index (κ2) is 8.73. The van der Waals surface area contributed by atoms with E-state index in [2.05, 4.69) is 33.5 Å². The summed E-state index contributed by atoms with van der Waals surface area (Å²) in [6.07, 6.45) is 6.56. The zero-order valence-corrected chi connectivity index (χ0v) is 13.8. The Morgan fingerprint density at radius 3 is 2.86 bits per heavy atom. The number of hydrogen-bond acceptors (Lipinski definition) is 3. The normalized spacial score (nSPS) is 18.9. The van der Waals surface area contributed by atoms with Crippen molar-refractivity contribution in [1.29, 1.82) is 0 Å². The van der Waals surface area contributed by atoms with Gasteiger partial charge in [-0.25, -0.2) is 4.79 Å². The fourth-order valence-corrected chi connectivity index (χ4v) is 2.83. The molecular formula is C17H28N4O. The van der Waals surface area contributed by atoms with Gasteiger partial charge in [0.25, 0.3) is 0 Å². The molecule has 0 bridgehead atoms. The summed E-state index contributed by atoms with van der Waals surface area (Å²) >= 11 is 0. The lowest BCUT2D eigenvalue weighted by atomic mass is 10.0. The standard InChI is InChI=1S/C17H28N4O/c1-14-6-7-16(13-20-14)8-9-18-17(22)19-10-12-21-11-4-3-5-15(21)2/h6-7,13,15H,3-5,8-12H2,1-2H3,(H2,18,19,22). The van der Waals surface area contributed by atoms with Crippen LogP contribution >= 0.6 is 0 Å². The van der Waals surface area contributed by atoms with Crippen molar-refractivity contribution in [1.82, 2.24) is 20.5 Å². The molecule has 0 spiro atoms. The van der Waals surface area contributed by atoms with E-state index in [4.69, 9.17) is 0 Å². The topological polar surface area (TPSA) is 57.3 Å². The molecule has 1 aromatic heterocycles. The minimum atomic E-state index is -0.0790. The molecule has 0 saturated carbocycles. The SMILES string of the molecule is Cc1ccc(CCNC(=O)NCCN2CCCCC2C)cn1. The van der Waals surface area contributed by atoms with Crippen LogP contribution in [0.15, 0.2) is 18.3 Å². The first kappa shape index (κ1) is 16.7. The molecule has 2 rings (SSSR count). The average Bonchev–Trinajstić information content (AvgIpc) is 2.51. The number of piperidine rings is 1. The lowest BCUT2D eigenvalue weighted by Gasteiger charge is -2.33. The van der Waals surface area contributed by atoms with Crippen molar-refractivity contribution in [2.45, 2.75) is 45.6 Å². The second-order valence-electron chi connectivity index (χ2n) is 6.12. The molecule has 1 saturated heterocycles. The summed E-state index contributed by atoms with van der Waals surface area (Å²) in [5.74, 6) is 0. The van der Waals surface area contributed by atoms with Gasteiger partial charge in [0.1, 0.15) is 0 Å². The molecule has 1 fully saturated rings. The number of likely N-dealkylation sites (tertiary alicyclic amines) is 1. The van der Waals surface area contributed by atoms with Gasteiger partial charge in [-0.2, -0.15) is 0 Å². The van der Waals surface area contributed by atoms with E-state index in [0.717, 1.165) is 30.8 Å². The molecular weight excluding hydrogens is 276 g/mol. The molecule has 2 amide bonds. The molecule has 5 nitrogen and oxygen atoms in total. The smallest absolute Gasteiger partial charge is 0.314 e. The van der Waals surface area contributed by atoms with E-state index in [1.807, 2.05) is 19.2 Å². The number of hydrogen-bond donors (Lipinski definition) is 2. The molecule has 0 radical (unpaired) electrons. The summed E-state index contributed by atoms with van der Waals surface area (Å²) in [7, 11) is 0. The quantitative estimate of drug-likeness (QED) is 0.846. The van der Waals surface area contributed by atoms with Gasteiger partial charge < -0.3 is 10.6 Å². The first-order valence-electron chi connectivity index (χ1n) is 8.32. The summed E-state index contributed by atoms with van der Waals surface area (Å²) in [4.78, 5) is 18.5. The number of nitrogens with zero attached hydrogens (tertiary/aromatic N) is 2. The van der Waals surface area contributed by atoms with E-state index in [-0.39, 0.29) is 6.03 Å². The van der Waals surface area contributed by atoms with Gasteiger partial charge >= 0.3 is 6.03 Å². The van der Waals surface area contributed by atoms with Crippen molar-refractivity contribution in [2.24, 2.45) is 0 Å². The third-order valence-electron chi connectivity index (χ3n) is 4.30. The molecule has 2 heterocycles. The Labute approximate surface area is 133 Å². The van der Waals surface area contributed by atoms with Crippen LogP contribution in [0.3, 0.4) is 0 Å². The van der Waals surface area contributed by atoms with Crippen LogP contribution in [0.2, 0.25) is 0 Å². The number of carbonyl (C=O) groups is 1. The van der Waals surface area contributed by atoms with Gasteiger partial charge in [-0.15, -0.1) is 0 Å². The molecule has 22 heavy (non-hydrogen) atoms. The molecule has 1 aliphatic rings. The number of pyridine rings is 1. The number of carbonyl (C=O) groups excluding carboxylic acids is 1. The van der Waals surface area contributed by atoms with E-state index < -0.39 is 0 Å². The number of aryl methyl sites for hydroxylation is 1. The van der Waals surface area contributed by atoms with Crippen molar-refractivity contribution < 1.29 is 4.79 Å². The summed E-state index contributed by atoms with van der Waals surface area (Å²) in [5.41, 5.74) is 2.16. The molecule has 1 aliphatic heterocycles. The van der Waals surface area contributed by atoms with Crippen LogP contribution in [-0.2, 0) is 6.42 Å². The van der Waals surface area contributed by atoms with Gasteiger partial charge in [0.05, 0.1) is 0 Å². The maximum atomic E-state index is 11.8. The van der Waals surface area contributed by atoms with Crippen molar-refractivity contribution in [3.8, 4) is 0 Å². The molecule has 2 N–H and O–H groups in total. The summed E-state index contributed by atoms with van der Waals surface area (Å²) < 4.78 is 0. The predicted octanol–water partition coefficient (Wildman–Crippen LogP) is 2.11. The molecule has 0 aromatic carbocycles. The number of rotatable bonds is 6. The van der Waals surface area contributed by atoms with Crippen LogP contribution in [0.1, 0.15) is 37.4 Å². The fourth-order valence-electron chi connectivity index (χ4n) is 2.83. The minimum Gasteiger partial charge on any atom is -0.338 e. The van der Waals surface area contributed by atoms with Crippen LogP contribution in [-0.4, -0.2) is 48.1 Å². The van der Waals surface area contributed by atoms with Crippen LogP contribution in [0.5, 0.6) is 0 Å². The van der Waals surface area contributed by atoms with Gasteiger partial charge in [-0.3, -0.25) is 9.88 Å². The van der Waals surface area contributed by atoms with Gasteiger partial charge in [0, 0.05) is 37.6 Å². The number of aromatic nitrogens is 1. The van der Waals surface area contributed by atoms with E-state index in [1.54, 1.807) is 0 Å². The Kier molecular flexibility index (Phi) is 6.65. The highest BCUT2D eigenvalue weighted by Crippen LogP contribution is 2.15. The highest BCUT2D eigenvalue weighted by Gasteiger charge is 2.17. The van der Waals surface area contributed by atoms with Crippen LogP contribution < -0.4 is 10.6 Å². The Morgan fingerprint density at radius 1 is 1.32 bits per heavy atom. The fraction of sp³-hybridized carbons (Fsp3) is 0.647. The number of nitrogens with one attached hydrogen (secondary N) is 2. The largest absolute Gasteiger partial charge is 0.338 e.